The van der Waals surface area contributed by atoms with Gasteiger partial charge in [0, 0.05) is 11.8 Å². The van der Waals surface area contributed by atoms with E-state index in [1.807, 2.05) is 12.1 Å². The van der Waals surface area contributed by atoms with Gasteiger partial charge in [-0.3, -0.25) is 14.0 Å². The van der Waals surface area contributed by atoms with Crippen LogP contribution in [0.5, 0.6) is 5.75 Å². The number of aromatic amines is 1. The Morgan fingerprint density at radius 1 is 1.32 bits per heavy atom. The molecule has 0 aliphatic carbocycles. The van der Waals surface area contributed by atoms with Crippen LogP contribution in [0.25, 0.3) is 0 Å². The number of nitrogens with one attached hydrogen (secondary N) is 1. The number of aryl methyl sites for hydroxylation is 1. The summed E-state index contributed by atoms with van der Waals surface area (Å²) in [6, 6.07) is 8.65. The number of methoxy groups -OCH3 is 1. The first-order valence-corrected chi connectivity index (χ1v) is 6.99. The minimum Gasteiger partial charge on any atom is -0.497 e. The third kappa shape index (κ3) is 3.51. The molecule has 2 aromatic rings. The summed E-state index contributed by atoms with van der Waals surface area (Å²) in [5, 5.41) is 0.209. The number of aromatic nitrogens is 2. The molecule has 2 rings (SSSR count). The lowest BCUT2D eigenvalue weighted by Crippen LogP contribution is -2.13. The number of rotatable bonds is 4. The summed E-state index contributed by atoms with van der Waals surface area (Å²) in [4.78, 5) is 17.9. The minimum absolute atomic E-state index is 0.209. The van der Waals surface area contributed by atoms with Crippen molar-refractivity contribution < 1.29 is 8.95 Å². The Hall–Kier alpha value is -1.95. The first-order valence-electron chi connectivity index (χ1n) is 5.68. The average molecular weight is 278 g/mol. The smallest absolute Gasteiger partial charge is 0.251 e. The number of ether oxygens (including phenoxy) is 1. The Morgan fingerprint density at radius 3 is 2.58 bits per heavy atom. The van der Waals surface area contributed by atoms with E-state index < -0.39 is 10.8 Å². The molecule has 0 amide bonds. The maximum absolute atomic E-state index is 12.1. The van der Waals surface area contributed by atoms with E-state index in [2.05, 4.69) is 9.97 Å². The molecule has 5 nitrogen and oxygen atoms in total. The molecule has 1 atom stereocenters. The molecule has 1 heterocycles. The zero-order valence-electron chi connectivity index (χ0n) is 10.7. The maximum Gasteiger partial charge on any atom is 0.251 e. The van der Waals surface area contributed by atoms with E-state index in [1.165, 1.54) is 6.07 Å². The van der Waals surface area contributed by atoms with Gasteiger partial charge < -0.3 is 4.74 Å². The number of benzene rings is 1. The monoisotopic (exact) mass is 278 g/mol. The summed E-state index contributed by atoms with van der Waals surface area (Å²) >= 11 is 0. The second kappa shape index (κ2) is 5.79. The summed E-state index contributed by atoms with van der Waals surface area (Å²) < 4.78 is 17.2. The second-order valence-corrected chi connectivity index (χ2v) is 5.40. The van der Waals surface area contributed by atoms with Gasteiger partial charge in [-0.1, -0.05) is 12.1 Å². The van der Waals surface area contributed by atoms with E-state index in [4.69, 9.17) is 4.74 Å². The van der Waals surface area contributed by atoms with Crippen LogP contribution in [0, 0.1) is 6.92 Å². The number of hydrogen-bond donors (Lipinski definition) is 1. The van der Waals surface area contributed by atoms with Gasteiger partial charge in [-0.2, -0.15) is 0 Å². The van der Waals surface area contributed by atoms with Gasteiger partial charge in [0.2, 0.25) is 0 Å². The van der Waals surface area contributed by atoms with Gasteiger partial charge in [0.25, 0.3) is 5.56 Å². The van der Waals surface area contributed by atoms with Crippen molar-refractivity contribution in [3.63, 3.8) is 0 Å². The lowest BCUT2D eigenvalue weighted by Gasteiger charge is -2.04. The Bertz CT molecular complexity index is 650. The molecule has 0 aliphatic heterocycles. The van der Waals surface area contributed by atoms with Gasteiger partial charge in [-0.15, -0.1) is 0 Å². The fourth-order valence-corrected chi connectivity index (χ4v) is 2.69. The molecule has 1 aromatic carbocycles. The second-order valence-electron chi connectivity index (χ2n) is 4.03. The summed E-state index contributed by atoms with van der Waals surface area (Å²) in [5.74, 6) is 1.05. The molecular formula is C13H14N2O3S. The fraction of sp³-hybridized carbons (Fsp3) is 0.231. The molecule has 0 saturated carbocycles. The predicted molar refractivity (Wildman–Crippen MR) is 72.7 cm³/mol. The van der Waals surface area contributed by atoms with Crippen molar-refractivity contribution in [3.8, 4) is 5.75 Å². The molecule has 0 spiro atoms. The van der Waals surface area contributed by atoms with Crippen LogP contribution in [-0.4, -0.2) is 21.3 Å². The van der Waals surface area contributed by atoms with Gasteiger partial charge in [0.1, 0.15) is 5.75 Å². The van der Waals surface area contributed by atoms with Crippen LogP contribution in [0.15, 0.2) is 40.3 Å². The molecule has 0 radical (unpaired) electrons. The molecule has 0 fully saturated rings. The van der Waals surface area contributed by atoms with Crippen molar-refractivity contribution in [2.45, 2.75) is 17.8 Å². The van der Waals surface area contributed by atoms with E-state index >= 15 is 0 Å². The number of hydrogen-bond acceptors (Lipinski definition) is 4. The highest BCUT2D eigenvalue weighted by molar-refractivity contribution is 7.84. The highest BCUT2D eigenvalue weighted by Crippen LogP contribution is 2.14. The van der Waals surface area contributed by atoms with Crippen molar-refractivity contribution in [1.82, 2.24) is 9.97 Å². The third-order valence-electron chi connectivity index (χ3n) is 2.52. The third-order valence-corrected chi connectivity index (χ3v) is 3.74. The molecule has 100 valence electrons. The lowest BCUT2D eigenvalue weighted by atomic mass is 10.2. The molecule has 19 heavy (non-hydrogen) atoms. The van der Waals surface area contributed by atoms with Crippen molar-refractivity contribution in [3.05, 3.63) is 51.9 Å². The van der Waals surface area contributed by atoms with Crippen LogP contribution in [0.3, 0.4) is 0 Å². The van der Waals surface area contributed by atoms with Gasteiger partial charge in [-0.25, -0.2) is 4.98 Å². The first-order chi connectivity index (χ1) is 9.08. The topological polar surface area (TPSA) is 72.0 Å². The van der Waals surface area contributed by atoms with Crippen LogP contribution >= 0.6 is 0 Å². The molecule has 0 aliphatic rings. The number of H-pyrrole nitrogens is 1. The molecular weight excluding hydrogens is 264 g/mol. The quantitative estimate of drug-likeness (QED) is 0.858. The summed E-state index contributed by atoms with van der Waals surface area (Å²) in [6.45, 7) is 1.70. The van der Waals surface area contributed by atoms with Gasteiger partial charge in [-0.05, 0) is 24.6 Å². The van der Waals surface area contributed by atoms with E-state index in [9.17, 15) is 9.00 Å². The van der Waals surface area contributed by atoms with Gasteiger partial charge in [0.15, 0.2) is 5.16 Å². The summed E-state index contributed by atoms with van der Waals surface area (Å²) in [5.41, 5.74) is 1.16. The molecule has 1 N–H and O–H groups in total. The lowest BCUT2D eigenvalue weighted by molar-refractivity contribution is 0.414. The molecule has 1 aromatic heterocycles. The molecule has 0 saturated heterocycles. The van der Waals surface area contributed by atoms with Gasteiger partial charge >= 0.3 is 0 Å². The average Bonchev–Trinajstić information content (AvgIpc) is 2.38. The SMILES string of the molecule is COc1ccc(CS(=O)c2nc(C)cc(=O)[nH]2)cc1. The summed E-state index contributed by atoms with van der Waals surface area (Å²) in [7, 11) is 0.221. The zero-order valence-corrected chi connectivity index (χ0v) is 11.5. The van der Waals surface area contributed by atoms with E-state index in [0.717, 1.165) is 11.3 Å². The number of nitrogens with zero attached hydrogens (tertiary/aromatic N) is 1. The van der Waals surface area contributed by atoms with Crippen LogP contribution in [0.1, 0.15) is 11.3 Å². The van der Waals surface area contributed by atoms with Crippen molar-refractivity contribution in [1.29, 1.82) is 0 Å². The fourth-order valence-electron chi connectivity index (χ4n) is 1.60. The van der Waals surface area contributed by atoms with Crippen molar-refractivity contribution in [2.75, 3.05) is 7.11 Å². The van der Waals surface area contributed by atoms with Crippen LogP contribution in [0.4, 0.5) is 0 Å². The van der Waals surface area contributed by atoms with Crippen molar-refractivity contribution in [2.24, 2.45) is 0 Å². The Labute approximate surface area is 113 Å². The standard InChI is InChI=1S/C13H14N2O3S/c1-9-7-12(16)15-13(14-9)19(17)8-10-3-5-11(18-2)6-4-10/h3-7H,8H2,1-2H3,(H,14,15,16). The normalized spacial score (nSPS) is 12.1. The molecule has 0 bridgehead atoms. The van der Waals surface area contributed by atoms with Crippen molar-refractivity contribution >= 4 is 10.8 Å². The highest BCUT2D eigenvalue weighted by Gasteiger charge is 2.09. The zero-order chi connectivity index (χ0) is 13.8. The van der Waals surface area contributed by atoms with E-state index in [-0.39, 0.29) is 10.7 Å². The Kier molecular flexibility index (Phi) is 4.11. The van der Waals surface area contributed by atoms with Crippen LogP contribution in [-0.2, 0) is 16.6 Å². The first kappa shape index (κ1) is 13.5. The van der Waals surface area contributed by atoms with E-state index in [0.29, 0.717) is 11.4 Å². The highest BCUT2D eigenvalue weighted by atomic mass is 32.2. The minimum atomic E-state index is -1.37. The predicted octanol–water partition coefficient (Wildman–Crippen LogP) is 1.39. The molecule has 1 unspecified atom stereocenters. The van der Waals surface area contributed by atoms with Crippen LogP contribution < -0.4 is 10.3 Å². The maximum atomic E-state index is 12.1. The molecule has 6 heteroatoms. The Morgan fingerprint density at radius 2 is 2.00 bits per heavy atom. The van der Waals surface area contributed by atoms with Crippen LogP contribution in [0.2, 0.25) is 0 Å². The van der Waals surface area contributed by atoms with Gasteiger partial charge in [0.05, 0.1) is 23.7 Å². The summed E-state index contributed by atoms with van der Waals surface area (Å²) in [6.07, 6.45) is 0. The largest absolute Gasteiger partial charge is 0.497 e. The Balaban J connectivity index is 2.17. The van der Waals surface area contributed by atoms with E-state index in [1.54, 1.807) is 26.2 Å².